The Kier molecular flexibility index (Phi) is 5.86. The Hall–Kier alpha value is -1.35. The Bertz CT molecular complexity index is 388. The summed E-state index contributed by atoms with van der Waals surface area (Å²) in [7, 11) is 0. The van der Waals surface area contributed by atoms with E-state index in [9.17, 15) is 4.79 Å². The first-order chi connectivity index (χ1) is 8.49. The second-order valence-electron chi connectivity index (χ2n) is 5.20. The molecule has 1 amide bonds. The fraction of sp³-hybridized carbons (Fsp3) is 0.533. The highest BCUT2D eigenvalue weighted by Gasteiger charge is 2.09. The predicted octanol–water partition coefficient (Wildman–Crippen LogP) is 2.03. The van der Waals surface area contributed by atoms with Crippen LogP contribution in [0.25, 0.3) is 0 Å². The predicted molar refractivity (Wildman–Crippen MR) is 75.3 cm³/mol. The average molecular weight is 248 g/mol. The number of hydrogen-bond acceptors (Lipinski definition) is 2. The molecule has 100 valence electrons. The van der Waals surface area contributed by atoms with Crippen molar-refractivity contribution in [3.8, 4) is 0 Å². The van der Waals surface area contributed by atoms with Gasteiger partial charge >= 0.3 is 0 Å². The van der Waals surface area contributed by atoms with E-state index >= 15 is 0 Å². The van der Waals surface area contributed by atoms with Crippen molar-refractivity contribution in [2.75, 3.05) is 6.54 Å². The summed E-state index contributed by atoms with van der Waals surface area (Å²) in [5.74, 6) is 0.467. The molecule has 0 aliphatic carbocycles. The van der Waals surface area contributed by atoms with Crippen molar-refractivity contribution in [3.63, 3.8) is 0 Å². The van der Waals surface area contributed by atoms with Gasteiger partial charge in [-0.05, 0) is 24.8 Å². The van der Waals surface area contributed by atoms with Gasteiger partial charge in [-0.25, -0.2) is 0 Å². The third-order valence-corrected chi connectivity index (χ3v) is 3.11. The number of nitrogens with one attached hydrogen (secondary N) is 1. The van der Waals surface area contributed by atoms with Gasteiger partial charge in [0.2, 0.25) is 5.91 Å². The molecule has 18 heavy (non-hydrogen) atoms. The van der Waals surface area contributed by atoms with Crippen LogP contribution in [0.4, 0.5) is 0 Å². The summed E-state index contributed by atoms with van der Waals surface area (Å²) < 4.78 is 0. The Morgan fingerprint density at radius 3 is 2.72 bits per heavy atom. The zero-order chi connectivity index (χ0) is 13.5. The van der Waals surface area contributed by atoms with E-state index in [1.54, 1.807) is 0 Å². The molecule has 1 aromatic rings. The molecule has 0 aliphatic rings. The molecule has 1 atom stereocenters. The largest absolute Gasteiger partial charge is 0.355 e. The van der Waals surface area contributed by atoms with Crippen molar-refractivity contribution < 1.29 is 4.79 Å². The van der Waals surface area contributed by atoms with Gasteiger partial charge in [0.15, 0.2) is 0 Å². The number of benzene rings is 1. The Morgan fingerprint density at radius 2 is 2.11 bits per heavy atom. The van der Waals surface area contributed by atoms with E-state index in [1.165, 1.54) is 11.1 Å². The van der Waals surface area contributed by atoms with E-state index in [0.29, 0.717) is 18.9 Å². The van der Waals surface area contributed by atoms with Crippen LogP contribution in [0.5, 0.6) is 0 Å². The second-order valence-corrected chi connectivity index (χ2v) is 5.20. The zero-order valence-electron chi connectivity index (χ0n) is 11.6. The highest BCUT2D eigenvalue weighted by Crippen LogP contribution is 2.06. The third kappa shape index (κ3) is 5.32. The topological polar surface area (TPSA) is 55.1 Å². The number of aryl methyl sites for hydroxylation is 2. The zero-order valence-corrected chi connectivity index (χ0v) is 11.6. The van der Waals surface area contributed by atoms with E-state index in [4.69, 9.17) is 5.73 Å². The molecule has 0 aliphatic heterocycles. The molecule has 1 aromatic carbocycles. The molecular weight excluding hydrogens is 224 g/mol. The molecule has 3 nitrogen and oxygen atoms in total. The number of nitrogens with two attached hydrogens (primary N) is 1. The van der Waals surface area contributed by atoms with Crippen molar-refractivity contribution in [3.05, 3.63) is 35.4 Å². The molecule has 0 radical (unpaired) electrons. The summed E-state index contributed by atoms with van der Waals surface area (Å²) in [5.41, 5.74) is 8.32. The number of hydrogen-bond donors (Lipinski definition) is 2. The minimum atomic E-state index is 0.0351. The van der Waals surface area contributed by atoms with E-state index in [0.717, 1.165) is 6.42 Å². The Morgan fingerprint density at radius 1 is 1.39 bits per heavy atom. The van der Waals surface area contributed by atoms with Crippen LogP contribution in [-0.4, -0.2) is 18.5 Å². The monoisotopic (exact) mass is 248 g/mol. The number of carbonyl (C=O) groups is 1. The van der Waals surface area contributed by atoms with Crippen molar-refractivity contribution in [1.82, 2.24) is 5.32 Å². The van der Waals surface area contributed by atoms with E-state index in [1.807, 2.05) is 6.07 Å². The van der Waals surface area contributed by atoms with Gasteiger partial charge in [0, 0.05) is 19.0 Å². The second kappa shape index (κ2) is 7.17. The van der Waals surface area contributed by atoms with Crippen LogP contribution < -0.4 is 11.1 Å². The molecule has 0 spiro atoms. The fourth-order valence-electron chi connectivity index (χ4n) is 1.68. The lowest BCUT2D eigenvalue weighted by molar-refractivity contribution is -0.121. The first-order valence-corrected chi connectivity index (χ1v) is 6.57. The van der Waals surface area contributed by atoms with Crippen LogP contribution in [-0.2, 0) is 11.2 Å². The Labute approximate surface area is 110 Å². The molecule has 0 saturated carbocycles. The standard InChI is InChI=1S/C15H24N2O/c1-11(2)14(16)10-17-15(18)8-7-13-6-4-5-12(3)9-13/h4-6,9,11,14H,7-8,10,16H2,1-3H3,(H,17,18). The van der Waals surface area contributed by atoms with Gasteiger partial charge in [-0.2, -0.15) is 0 Å². The van der Waals surface area contributed by atoms with Gasteiger partial charge in [0.1, 0.15) is 0 Å². The van der Waals surface area contributed by atoms with Gasteiger partial charge in [0.05, 0.1) is 0 Å². The van der Waals surface area contributed by atoms with Crippen LogP contribution in [0, 0.1) is 12.8 Å². The first-order valence-electron chi connectivity index (χ1n) is 6.57. The maximum absolute atomic E-state index is 11.7. The summed E-state index contributed by atoms with van der Waals surface area (Å²) in [5, 5.41) is 2.88. The maximum Gasteiger partial charge on any atom is 0.220 e. The number of amides is 1. The summed E-state index contributed by atoms with van der Waals surface area (Å²) in [4.78, 5) is 11.7. The molecule has 3 heteroatoms. The molecule has 0 aromatic heterocycles. The fourth-order valence-corrected chi connectivity index (χ4v) is 1.68. The number of carbonyl (C=O) groups excluding carboxylic acids is 1. The quantitative estimate of drug-likeness (QED) is 0.809. The molecule has 1 rings (SSSR count). The lowest BCUT2D eigenvalue weighted by Gasteiger charge is -2.16. The van der Waals surface area contributed by atoms with Crippen molar-refractivity contribution in [2.45, 2.75) is 39.7 Å². The molecular formula is C15H24N2O. The summed E-state index contributed by atoms with van der Waals surface area (Å²) >= 11 is 0. The summed E-state index contributed by atoms with van der Waals surface area (Å²) in [6.45, 7) is 6.74. The van der Waals surface area contributed by atoms with E-state index in [2.05, 4.69) is 44.3 Å². The third-order valence-electron chi connectivity index (χ3n) is 3.11. The normalized spacial score (nSPS) is 12.5. The van der Waals surface area contributed by atoms with Gasteiger partial charge < -0.3 is 11.1 Å². The van der Waals surface area contributed by atoms with Gasteiger partial charge in [-0.3, -0.25) is 4.79 Å². The lowest BCUT2D eigenvalue weighted by Crippen LogP contribution is -2.40. The van der Waals surface area contributed by atoms with E-state index < -0.39 is 0 Å². The average Bonchev–Trinajstić information content (AvgIpc) is 2.33. The molecule has 0 saturated heterocycles. The van der Waals surface area contributed by atoms with Gasteiger partial charge in [0.25, 0.3) is 0 Å². The SMILES string of the molecule is Cc1cccc(CCC(=O)NCC(N)C(C)C)c1. The van der Waals surface area contributed by atoms with Crippen molar-refractivity contribution in [1.29, 1.82) is 0 Å². The minimum absolute atomic E-state index is 0.0351. The highest BCUT2D eigenvalue weighted by atomic mass is 16.1. The summed E-state index contributed by atoms with van der Waals surface area (Å²) in [6.07, 6.45) is 1.30. The summed E-state index contributed by atoms with van der Waals surface area (Å²) in [6, 6.07) is 8.29. The Balaban J connectivity index is 2.29. The number of rotatable bonds is 6. The lowest BCUT2D eigenvalue weighted by atomic mass is 10.1. The maximum atomic E-state index is 11.7. The minimum Gasteiger partial charge on any atom is -0.355 e. The van der Waals surface area contributed by atoms with Crippen LogP contribution in [0.1, 0.15) is 31.4 Å². The van der Waals surface area contributed by atoms with Crippen molar-refractivity contribution >= 4 is 5.91 Å². The first kappa shape index (κ1) is 14.7. The molecule has 1 unspecified atom stereocenters. The smallest absolute Gasteiger partial charge is 0.220 e. The van der Waals surface area contributed by atoms with Crippen LogP contribution >= 0.6 is 0 Å². The van der Waals surface area contributed by atoms with Gasteiger partial charge in [-0.15, -0.1) is 0 Å². The highest BCUT2D eigenvalue weighted by molar-refractivity contribution is 5.76. The van der Waals surface area contributed by atoms with E-state index in [-0.39, 0.29) is 11.9 Å². The van der Waals surface area contributed by atoms with Crippen molar-refractivity contribution in [2.24, 2.45) is 11.7 Å². The van der Waals surface area contributed by atoms with Crippen LogP contribution in [0.2, 0.25) is 0 Å². The molecule has 3 N–H and O–H groups in total. The molecule has 0 fully saturated rings. The molecule has 0 heterocycles. The van der Waals surface area contributed by atoms with Gasteiger partial charge in [-0.1, -0.05) is 43.7 Å². The molecule has 0 bridgehead atoms. The van der Waals surface area contributed by atoms with Crippen LogP contribution in [0.15, 0.2) is 24.3 Å². The van der Waals surface area contributed by atoms with Crippen LogP contribution in [0.3, 0.4) is 0 Å².